The highest BCUT2D eigenvalue weighted by atomic mass is 79.9. The van der Waals surface area contributed by atoms with Gasteiger partial charge in [0, 0.05) is 16.9 Å². The molecule has 0 fully saturated rings. The van der Waals surface area contributed by atoms with Gasteiger partial charge in [-0.2, -0.15) is 0 Å². The molecule has 6 nitrogen and oxygen atoms in total. The molecule has 0 bridgehead atoms. The Hall–Kier alpha value is -2.02. The lowest BCUT2D eigenvalue weighted by molar-refractivity contribution is -0.0285. The SMILES string of the molecule is Nc1nccn1-c1ccc(Br)c(C2OC=CO2)n1. The topological polar surface area (TPSA) is 75.2 Å². The molecule has 0 unspecified atom stereocenters. The molecular formula is C11H9BrN4O2. The maximum atomic E-state index is 5.74. The first-order valence-electron chi connectivity index (χ1n) is 5.17. The van der Waals surface area contributed by atoms with Crippen LogP contribution in [-0.2, 0) is 9.47 Å². The van der Waals surface area contributed by atoms with Crippen LogP contribution in [0.25, 0.3) is 5.82 Å². The third kappa shape index (κ3) is 1.82. The van der Waals surface area contributed by atoms with E-state index in [4.69, 9.17) is 15.2 Å². The molecular weight excluding hydrogens is 300 g/mol. The van der Waals surface area contributed by atoms with E-state index >= 15 is 0 Å². The number of ether oxygens (including phenoxy) is 2. The van der Waals surface area contributed by atoms with Gasteiger partial charge in [0.05, 0.1) is 0 Å². The first-order valence-corrected chi connectivity index (χ1v) is 5.96. The van der Waals surface area contributed by atoms with Gasteiger partial charge in [-0.25, -0.2) is 9.97 Å². The Bertz CT molecular complexity index is 603. The fraction of sp³-hybridized carbons (Fsp3) is 0.0909. The van der Waals surface area contributed by atoms with Crippen molar-refractivity contribution in [3.8, 4) is 5.82 Å². The molecule has 7 heteroatoms. The van der Waals surface area contributed by atoms with Crippen molar-refractivity contribution in [1.29, 1.82) is 0 Å². The van der Waals surface area contributed by atoms with E-state index in [1.54, 1.807) is 17.0 Å². The van der Waals surface area contributed by atoms with Gasteiger partial charge in [-0.3, -0.25) is 4.57 Å². The number of nitrogens with two attached hydrogens (primary N) is 1. The standard InChI is InChI=1S/C11H9BrN4O2/c12-7-1-2-8(16-4-3-14-11(16)13)15-9(7)10-17-5-6-18-10/h1-6,10H,(H2,13,14). The van der Waals surface area contributed by atoms with Crippen LogP contribution in [0.3, 0.4) is 0 Å². The smallest absolute Gasteiger partial charge is 0.284 e. The third-order valence-corrected chi connectivity index (χ3v) is 3.13. The summed E-state index contributed by atoms with van der Waals surface area (Å²) in [6.07, 6.45) is 5.78. The maximum absolute atomic E-state index is 5.74. The summed E-state index contributed by atoms with van der Waals surface area (Å²) >= 11 is 3.42. The summed E-state index contributed by atoms with van der Waals surface area (Å²) in [5, 5.41) is 0. The Labute approximate surface area is 111 Å². The van der Waals surface area contributed by atoms with Crippen molar-refractivity contribution in [1.82, 2.24) is 14.5 Å². The van der Waals surface area contributed by atoms with E-state index in [2.05, 4.69) is 25.9 Å². The van der Waals surface area contributed by atoms with Gasteiger partial charge in [-0.1, -0.05) is 0 Å². The van der Waals surface area contributed by atoms with Crippen LogP contribution in [0.2, 0.25) is 0 Å². The van der Waals surface area contributed by atoms with Gasteiger partial charge in [-0.15, -0.1) is 0 Å². The van der Waals surface area contributed by atoms with Crippen LogP contribution in [0.1, 0.15) is 12.0 Å². The lowest BCUT2D eigenvalue weighted by Crippen LogP contribution is -2.07. The van der Waals surface area contributed by atoms with E-state index in [1.807, 2.05) is 12.1 Å². The van der Waals surface area contributed by atoms with Gasteiger partial charge in [0.2, 0.25) is 5.95 Å². The molecule has 0 radical (unpaired) electrons. The minimum atomic E-state index is -0.538. The van der Waals surface area contributed by atoms with E-state index < -0.39 is 6.29 Å². The summed E-state index contributed by atoms with van der Waals surface area (Å²) in [4.78, 5) is 8.42. The summed E-state index contributed by atoms with van der Waals surface area (Å²) < 4.78 is 13.0. The van der Waals surface area contributed by atoms with Crippen molar-refractivity contribution in [2.45, 2.75) is 6.29 Å². The zero-order chi connectivity index (χ0) is 12.5. The van der Waals surface area contributed by atoms with Crippen molar-refractivity contribution in [2.24, 2.45) is 0 Å². The third-order valence-electron chi connectivity index (χ3n) is 2.46. The molecule has 0 aliphatic carbocycles. The summed E-state index contributed by atoms with van der Waals surface area (Å²) in [7, 11) is 0. The highest BCUT2D eigenvalue weighted by molar-refractivity contribution is 9.10. The number of pyridine rings is 1. The second kappa shape index (κ2) is 4.34. The Kier molecular flexibility index (Phi) is 2.67. The van der Waals surface area contributed by atoms with Gasteiger partial charge in [0.15, 0.2) is 0 Å². The van der Waals surface area contributed by atoms with E-state index in [0.29, 0.717) is 17.5 Å². The fourth-order valence-corrected chi connectivity index (χ4v) is 2.03. The number of nitrogen functional groups attached to an aromatic ring is 1. The predicted octanol–water partition coefficient (Wildman–Crippen LogP) is 2.13. The molecule has 1 aliphatic heterocycles. The van der Waals surface area contributed by atoms with Crippen LogP contribution in [0, 0.1) is 0 Å². The first kappa shape index (κ1) is 11.1. The molecule has 3 rings (SSSR count). The largest absolute Gasteiger partial charge is 0.454 e. The predicted molar refractivity (Wildman–Crippen MR) is 67.5 cm³/mol. The van der Waals surface area contributed by atoms with Gasteiger partial charge in [-0.05, 0) is 28.1 Å². The van der Waals surface area contributed by atoms with Crippen molar-refractivity contribution in [2.75, 3.05) is 5.73 Å². The summed E-state index contributed by atoms with van der Waals surface area (Å²) in [6.45, 7) is 0. The Morgan fingerprint density at radius 1 is 1.28 bits per heavy atom. The Balaban J connectivity index is 2.03. The van der Waals surface area contributed by atoms with Crippen LogP contribution < -0.4 is 5.73 Å². The van der Waals surface area contributed by atoms with E-state index in [-0.39, 0.29) is 0 Å². The van der Waals surface area contributed by atoms with Crippen molar-refractivity contribution in [3.63, 3.8) is 0 Å². The van der Waals surface area contributed by atoms with Crippen molar-refractivity contribution >= 4 is 21.9 Å². The van der Waals surface area contributed by atoms with E-state index in [9.17, 15) is 0 Å². The van der Waals surface area contributed by atoms with Crippen molar-refractivity contribution < 1.29 is 9.47 Å². The molecule has 92 valence electrons. The van der Waals surface area contributed by atoms with Gasteiger partial charge >= 0.3 is 0 Å². The number of hydrogen-bond donors (Lipinski definition) is 1. The van der Waals surface area contributed by atoms with E-state index in [1.165, 1.54) is 12.5 Å². The number of rotatable bonds is 2. The molecule has 2 N–H and O–H groups in total. The van der Waals surface area contributed by atoms with Crippen LogP contribution in [-0.4, -0.2) is 14.5 Å². The number of hydrogen-bond acceptors (Lipinski definition) is 5. The number of imidazole rings is 1. The molecule has 0 spiro atoms. The molecule has 0 saturated heterocycles. The molecule has 0 aromatic carbocycles. The molecule has 2 aromatic rings. The summed E-state index contributed by atoms with van der Waals surface area (Å²) in [5.74, 6) is 1.03. The minimum absolute atomic E-state index is 0.377. The lowest BCUT2D eigenvalue weighted by atomic mass is 10.3. The maximum Gasteiger partial charge on any atom is 0.284 e. The average molecular weight is 309 g/mol. The first-order chi connectivity index (χ1) is 8.75. The number of anilines is 1. The van der Waals surface area contributed by atoms with Gasteiger partial charge < -0.3 is 15.2 Å². The number of halogens is 1. The van der Waals surface area contributed by atoms with Crippen LogP contribution in [0.4, 0.5) is 5.95 Å². The van der Waals surface area contributed by atoms with E-state index in [0.717, 1.165) is 4.47 Å². The molecule has 18 heavy (non-hydrogen) atoms. The van der Waals surface area contributed by atoms with Crippen LogP contribution >= 0.6 is 15.9 Å². The fourth-order valence-electron chi connectivity index (χ4n) is 1.62. The molecule has 2 aromatic heterocycles. The zero-order valence-corrected chi connectivity index (χ0v) is 10.7. The van der Waals surface area contributed by atoms with Crippen molar-refractivity contribution in [3.05, 3.63) is 47.2 Å². The lowest BCUT2D eigenvalue weighted by Gasteiger charge is -2.13. The molecule has 0 amide bonds. The van der Waals surface area contributed by atoms with Gasteiger partial charge in [0.1, 0.15) is 24.0 Å². The molecule has 3 heterocycles. The Morgan fingerprint density at radius 2 is 2.06 bits per heavy atom. The average Bonchev–Trinajstić information content (AvgIpc) is 3.01. The summed E-state index contributed by atoms with van der Waals surface area (Å²) in [6, 6.07) is 3.69. The monoisotopic (exact) mass is 308 g/mol. The normalized spacial score (nSPS) is 14.5. The quantitative estimate of drug-likeness (QED) is 0.920. The molecule has 1 aliphatic rings. The second-order valence-electron chi connectivity index (χ2n) is 3.57. The summed E-state index contributed by atoms with van der Waals surface area (Å²) in [5.41, 5.74) is 6.38. The molecule has 0 atom stereocenters. The second-order valence-corrected chi connectivity index (χ2v) is 4.42. The highest BCUT2D eigenvalue weighted by Gasteiger charge is 2.21. The highest BCUT2D eigenvalue weighted by Crippen LogP contribution is 2.29. The van der Waals surface area contributed by atoms with Gasteiger partial charge in [0.25, 0.3) is 6.29 Å². The minimum Gasteiger partial charge on any atom is -0.454 e. The zero-order valence-electron chi connectivity index (χ0n) is 9.15. The van der Waals surface area contributed by atoms with Crippen LogP contribution in [0.5, 0.6) is 0 Å². The Morgan fingerprint density at radius 3 is 2.72 bits per heavy atom. The number of nitrogens with zero attached hydrogens (tertiary/aromatic N) is 3. The number of aromatic nitrogens is 3. The van der Waals surface area contributed by atoms with Crippen LogP contribution in [0.15, 0.2) is 41.5 Å². The molecule has 0 saturated carbocycles.